The first-order valence-electron chi connectivity index (χ1n) is 6.03. The average Bonchev–Trinajstić information content (AvgIpc) is 2.20. The Labute approximate surface area is 92.8 Å². The monoisotopic (exact) mass is 206 g/mol. The number of rotatable bonds is 1. The van der Waals surface area contributed by atoms with Gasteiger partial charge in [0, 0.05) is 30.7 Å². The number of piperidine rings is 1. The zero-order valence-corrected chi connectivity index (χ0v) is 9.87. The van der Waals surface area contributed by atoms with Crippen LogP contribution in [0.3, 0.4) is 0 Å². The molecule has 0 saturated carbocycles. The van der Waals surface area contributed by atoms with Crippen molar-refractivity contribution in [1.29, 1.82) is 0 Å². The van der Waals surface area contributed by atoms with E-state index in [0.29, 0.717) is 12.1 Å². The molecule has 0 spiro atoms. The topological polar surface area (TPSA) is 29.3 Å². The fourth-order valence-electron chi connectivity index (χ4n) is 2.59. The first-order chi connectivity index (χ1) is 7.16. The van der Waals surface area contributed by atoms with Crippen molar-refractivity contribution in [1.82, 2.24) is 4.90 Å². The second-order valence-corrected chi connectivity index (χ2v) is 4.98. The van der Waals surface area contributed by atoms with Gasteiger partial charge in [0.05, 0.1) is 0 Å². The van der Waals surface area contributed by atoms with Crippen LogP contribution in [0.2, 0.25) is 0 Å². The van der Waals surface area contributed by atoms with Gasteiger partial charge in [0.25, 0.3) is 0 Å². The maximum Gasteiger partial charge on any atom is 0.0273 e. The molecule has 2 unspecified atom stereocenters. The zero-order valence-electron chi connectivity index (χ0n) is 9.87. The number of hydrogen-bond donors (Lipinski definition) is 1. The van der Waals surface area contributed by atoms with Gasteiger partial charge in [-0.1, -0.05) is 17.7 Å². The Bertz CT molecular complexity index is 291. The third-order valence-corrected chi connectivity index (χ3v) is 3.60. The van der Waals surface area contributed by atoms with E-state index in [1.54, 1.807) is 0 Å². The summed E-state index contributed by atoms with van der Waals surface area (Å²) in [4.78, 5) is 2.55. The van der Waals surface area contributed by atoms with Gasteiger partial charge in [-0.05, 0) is 33.1 Å². The molecule has 2 heteroatoms. The summed E-state index contributed by atoms with van der Waals surface area (Å²) in [6, 6.07) is 1.03. The fourth-order valence-corrected chi connectivity index (χ4v) is 2.59. The molecule has 1 fully saturated rings. The van der Waals surface area contributed by atoms with Crippen molar-refractivity contribution in [2.24, 2.45) is 5.73 Å². The normalized spacial score (nSPS) is 32.3. The Morgan fingerprint density at radius 1 is 1.33 bits per heavy atom. The Balaban J connectivity index is 1.99. The van der Waals surface area contributed by atoms with Crippen molar-refractivity contribution in [3.63, 3.8) is 0 Å². The van der Waals surface area contributed by atoms with Crippen molar-refractivity contribution < 1.29 is 0 Å². The van der Waals surface area contributed by atoms with Gasteiger partial charge < -0.3 is 10.6 Å². The van der Waals surface area contributed by atoms with E-state index in [1.807, 2.05) is 0 Å². The Hall–Kier alpha value is -0.760. The summed E-state index contributed by atoms with van der Waals surface area (Å²) < 4.78 is 0. The second-order valence-electron chi connectivity index (χ2n) is 4.98. The summed E-state index contributed by atoms with van der Waals surface area (Å²) in [5.41, 5.74) is 8.99. The minimum Gasteiger partial charge on any atom is -0.372 e. The van der Waals surface area contributed by atoms with E-state index in [1.165, 1.54) is 11.3 Å². The molecule has 0 radical (unpaired) electrons. The van der Waals surface area contributed by atoms with Gasteiger partial charge in [0.2, 0.25) is 0 Å². The molecule has 2 aliphatic rings. The van der Waals surface area contributed by atoms with Crippen LogP contribution in [0.4, 0.5) is 0 Å². The Kier molecular flexibility index (Phi) is 3.15. The number of nitrogens with zero attached hydrogens (tertiary/aromatic N) is 1. The lowest BCUT2D eigenvalue weighted by atomic mass is 9.96. The summed E-state index contributed by atoms with van der Waals surface area (Å²) >= 11 is 0. The minimum atomic E-state index is 0.415. The first kappa shape index (κ1) is 10.7. The van der Waals surface area contributed by atoms with Crippen LogP contribution >= 0.6 is 0 Å². The number of hydrogen-bond acceptors (Lipinski definition) is 2. The maximum absolute atomic E-state index is 5.98. The molecule has 2 nitrogen and oxygen atoms in total. The highest BCUT2D eigenvalue weighted by atomic mass is 15.2. The zero-order chi connectivity index (χ0) is 10.8. The third-order valence-electron chi connectivity index (χ3n) is 3.60. The lowest BCUT2D eigenvalue weighted by molar-refractivity contribution is 0.188. The quantitative estimate of drug-likeness (QED) is 0.668. The number of likely N-dealkylation sites (tertiary alicyclic amines) is 1. The van der Waals surface area contributed by atoms with Crippen LogP contribution in [0.1, 0.15) is 39.5 Å². The van der Waals surface area contributed by atoms with E-state index in [-0.39, 0.29) is 0 Å². The first-order valence-corrected chi connectivity index (χ1v) is 6.03. The van der Waals surface area contributed by atoms with E-state index < -0.39 is 0 Å². The second kappa shape index (κ2) is 4.40. The molecule has 0 amide bonds. The van der Waals surface area contributed by atoms with Crippen LogP contribution in [-0.2, 0) is 0 Å². The van der Waals surface area contributed by atoms with Crippen molar-refractivity contribution in [3.8, 4) is 0 Å². The lowest BCUT2D eigenvalue weighted by Crippen LogP contribution is -2.45. The molecule has 2 rings (SSSR count). The Morgan fingerprint density at radius 3 is 2.73 bits per heavy atom. The molecule has 0 bridgehead atoms. The summed E-state index contributed by atoms with van der Waals surface area (Å²) in [6.07, 6.45) is 9.28. The lowest BCUT2D eigenvalue weighted by Gasteiger charge is -2.40. The molecule has 2 N–H and O–H groups in total. The predicted molar refractivity (Wildman–Crippen MR) is 64.5 cm³/mol. The SMILES string of the molecule is CC1=CCC(N2CCC(N)CC2C)=CC1. The number of nitrogens with two attached hydrogens (primary N) is 1. The van der Waals surface area contributed by atoms with E-state index in [9.17, 15) is 0 Å². The fraction of sp³-hybridized carbons (Fsp3) is 0.692. The van der Waals surface area contributed by atoms with Crippen LogP contribution in [0.15, 0.2) is 23.4 Å². The third kappa shape index (κ3) is 2.43. The highest BCUT2D eigenvalue weighted by Gasteiger charge is 2.24. The van der Waals surface area contributed by atoms with E-state index >= 15 is 0 Å². The molecular formula is C13H22N2. The molecule has 1 heterocycles. The van der Waals surface area contributed by atoms with Gasteiger partial charge in [0.15, 0.2) is 0 Å². The summed E-state index contributed by atoms with van der Waals surface area (Å²) in [5, 5.41) is 0. The van der Waals surface area contributed by atoms with Crippen LogP contribution in [0.25, 0.3) is 0 Å². The van der Waals surface area contributed by atoms with Crippen molar-refractivity contribution in [2.75, 3.05) is 6.54 Å². The van der Waals surface area contributed by atoms with Crippen molar-refractivity contribution in [3.05, 3.63) is 23.4 Å². The maximum atomic E-state index is 5.98. The molecule has 1 aliphatic carbocycles. The van der Waals surface area contributed by atoms with E-state index in [4.69, 9.17) is 5.73 Å². The minimum absolute atomic E-state index is 0.415. The predicted octanol–water partition coefficient (Wildman–Crippen LogP) is 2.42. The Morgan fingerprint density at radius 2 is 2.13 bits per heavy atom. The molecular weight excluding hydrogens is 184 g/mol. The summed E-state index contributed by atoms with van der Waals surface area (Å²) in [6.45, 7) is 5.65. The summed E-state index contributed by atoms with van der Waals surface area (Å²) in [5.74, 6) is 0. The van der Waals surface area contributed by atoms with Crippen LogP contribution in [-0.4, -0.2) is 23.5 Å². The smallest absolute Gasteiger partial charge is 0.0273 e. The molecule has 0 aromatic rings. The molecule has 0 aromatic carbocycles. The van der Waals surface area contributed by atoms with Crippen LogP contribution < -0.4 is 5.73 Å². The van der Waals surface area contributed by atoms with Gasteiger partial charge in [-0.3, -0.25) is 0 Å². The van der Waals surface area contributed by atoms with Gasteiger partial charge in [0.1, 0.15) is 0 Å². The molecule has 84 valence electrons. The molecule has 1 aliphatic heterocycles. The highest BCUT2D eigenvalue weighted by Crippen LogP contribution is 2.26. The van der Waals surface area contributed by atoms with Crippen LogP contribution in [0.5, 0.6) is 0 Å². The van der Waals surface area contributed by atoms with E-state index in [0.717, 1.165) is 32.2 Å². The molecule has 15 heavy (non-hydrogen) atoms. The largest absolute Gasteiger partial charge is 0.372 e. The van der Waals surface area contributed by atoms with Gasteiger partial charge in [-0.25, -0.2) is 0 Å². The van der Waals surface area contributed by atoms with Gasteiger partial charge in [-0.2, -0.15) is 0 Å². The van der Waals surface area contributed by atoms with E-state index in [2.05, 4.69) is 30.9 Å². The molecule has 0 aromatic heterocycles. The number of allylic oxidation sites excluding steroid dienone is 3. The van der Waals surface area contributed by atoms with Gasteiger partial charge >= 0.3 is 0 Å². The van der Waals surface area contributed by atoms with Gasteiger partial charge in [-0.15, -0.1) is 0 Å². The average molecular weight is 206 g/mol. The molecule has 1 saturated heterocycles. The van der Waals surface area contributed by atoms with Crippen molar-refractivity contribution in [2.45, 2.75) is 51.6 Å². The van der Waals surface area contributed by atoms with Crippen molar-refractivity contribution >= 4 is 0 Å². The highest BCUT2D eigenvalue weighted by molar-refractivity contribution is 5.20. The standard InChI is InChI=1S/C13H22N2/c1-10-3-5-13(6-4-10)15-8-7-12(14)9-11(15)2/h3,6,11-12H,4-5,7-9,14H2,1-2H3. The van der Waals surface area contributed by atoms with Crippen LogP contribution in [0, 0.1) is 0 Å². The summed E-state index contributed by atoms with van der Waals surface area (Å²) in [7, 11) is 0. The molecule has 2 atom stereocenters.